The first-order valence-electron chi connectivity index (χ1n) is 5.77. The molecule has 0 aliphatic rings. The lowest BCUT2D eigenvalue weighted by Gasteiger charge is -2.04. The van der Waals surface area contributed by atoms with Crippen LogP contribution in [0.5, 0.6) is 0 Å². The number of hydrazone groups is 1. The molecule has 0 aliphatic carbocycles. The van der Waals surface area contributed by atoms with Crippen molar-refractivity contribution >= 4 is 38.7 Å². The molecule has 7 heteroatoms. The molecule has 0 saturated heterocycles. The summed E-state index contributed by atoms with van der Waals surface area (Å²) in [6.45, 7) is 3.62. The van der Waals surface area contributed by atoms with Crippen LogP contribution in [0.1, 0.15) is 17.4 Å². The van der Waals surface area contributed by atoms with Gasteiger partial charge in [0.15, 0.2) is 0 Å². The fraction of sp³-hybridized carbons (Fsp3) is 0.154. The summed E-state index contributed by atoms with van der Waals surface area (Å²) in [5.41, 5.74) is 1.56. The number of sulfonamides is 1. The van der Waals surface area contributed by atoms with E-state index < -0.39 is 10.0 Å². The van der Waals surface area contributed by atoms with Gasteiger partial charge in [0.25, 0.3) is 10.0 Å². The number of halogens is 1. The predicted molar refractivity (Wildman–Crippen MR) is 83.0 cm³/mol. The molecule has 1 aromatic carbocycles. The number of hydrogen-bond acceptors (Lipinski definition) is 4. The Labute approximate surface area is 127 Å². The first-order chi connectivity index (χ1) is 9.38. The van der Waals surface area contributed by atoms with Crippen LogP contribution in [0.15, 0.2) is 46.4 Å². The quantitative estimate of drug-likeness (QED) is 0.690. The molecule has 20 heavy (non-hydrogen) atoms. The molecule has 1 N–H and O–H groups in total. The highest BCUT2D eigenvalue weighted by Gasteiger charge is 2.12. The number of thiophene rings is 1. The predicted octanol–water partition coefficient (Wildman–Crippen LogP) is 3.41. The third kappa shape index (κ3) is 3.59. The van der Waals surface area contributed by atoms with Gasteiger partial charge in [-0.3, -0.25) is 0 Å². The van der Waals surface area contributed by atoms with Gasteiger partial charge in [-0.05, 0) is 38.1 Å². The van der Waals surface area contributed by atoms with E-state index in [2.05, 4.69) is 9.93 Å². The Bertz CT molecular complexity index is 734. The lowest BCUT2D eigenvalue weighted by Crippen LogP contribution is -2.19. The van der Waals surface area contributed by atoms with E-state index >= 15 is 0 Å². The fourth-order valence-electron chi connectivity index (χ4n) is 1.46. The minimum atomic E-state index is -3.64. The van der Waals surface area contributed by atoms with Gasteiger partial charge in [0, 0.05) is 0 Å². The van der Waals surface area contributed by atoms with Crippen molar-refractivity contribution in [1.82, 2.24) is 4.83 Å². The van der Waals surface area contributed by atoms with Gasteiger partial charge in [-0.2, -0.15) is 18.4 Å². The summed E-state index contributed by atoms with van der Waals surface area (Å²) < 4.78 is 24.7. The lowest BCUT2D eigenvalue weighted by molar-refractivity contribution is 0.584. The zero-order chi connectivity index (χ0) is 14.8. The Kier molecular flexibility index (Phi) is 4.47. The summed E-state index contributed by atoms with van der Waals surface area (Å²) in [5.74, 6) is 0. The number of hydrogen-bond donors (Lipinski definition) is 1. The minimum Gasteiger partial charge on any atom is -0.200 e. The number of nitrogens with one attached hydrogen (secondary N) is 1. The van der Waals surface area contributed by atoms with Gasteiger partial charge < -0.3 is 0 Å². The number of aryl methyl sites for hydroxylation is 1. The molecule has 2 aromatic rings. The van der Waals surface area contributed by atoms with Gasteiger partial charge in [-0.1, -0.05) is 29.3 Å². The smallest absolute Gasteiger partial charge is 0.200 e. The molecule has 0 saturated carbocycles. The van der Waals surface area contributed by atoms with Crippen molar-refractivity contribution in [3.8, 4) is 0 Å². The summed E-state index contributed by atoms with van der Waals surface area (Å²) in [5, 5.41) is 3.91. The highest BCUT2D eigenvalue weighted by Crippen LogP contribution is 2.22. The second-order valence-corrected chi connectivity index (χ2v) is 7.58. The molecule has 0 bridgehead atoms. The third-order valence-electron chi connectivity index (χ3n) is 2.59. The molecule has 0 amide bonds. The second-order valence-electron chi connectivity index (χ2n) is 4.21. The summed E-state index contributed by atoms with van der Waals surface area (Å²) in [7, 11) is -3.64. The standard InChI is InChI=1S/C13H13ClN2O2S2/c1-9-3-5-11(6-4-9)20(17,18)16-15-10(2)12-7-8-13(14)19-12/h3-8,16H,1-2H3. The Hall–Kier alpha value is -1.37. The van der Waals surface area contributed by atoms with Crippen LogP contribution in [-0.4, -0.2) is 14.1 Å². The second kappa shape index (κ2) is 5.95. The van der Waals surface area contributed by atoms with Gasteiger partial charge in [0.05, 0.1) is 19.8 Å². The maximum Gasteiger partial charge on any atom is 0.276 e. The van der Waals surface area contributed by atoms with E-state index in [1.54, 1.807) is 43.3 Å². The average molecular weight is 329 g/mol. The molecule has 0 unspecified atom stereocenters. The Morgan fingerprint density at radius 2 is 1.85 bits per heavy atom. The highest BCUT2D eigenvalue weighted by atomic mass is 35.5. The zero-order valence-electron chi connectivity index (χ0n) is 10.9. The molecular weight excluding hydrogens is 316 g/mol. The van der Waals surface area contributed by atoms with Crippen LogP contribution in [0, 0.1) is 6.92 Å². The van der Waals surface area contributed by atoms with Crippen molar-refractivity contribution in [2.45, 2.75) is 18.7 Å². The van der Waals surface area contributed by atoms with Crippen molar-refractivity contribution in [2.24, 2.45) is 5.10 Å². The van der Waals surface area contributed by atoms with E-state index in [1.807, 2.05) is 6.92 Å². The molecule has 0 atom stereocenters. The first-order valence-corrected chi connectivity index (χ1v) is 8.45. The molecule has 0 spiro atoms. The normalized spacial score (nSPS) is 12.4. The van der Waals surface area contributed by atoms with Crippen LogP contribution in [0.2, 0.25) is 4.34 Å². The highest BCUT2D eigenvalue weighted by molar-refractivity contribution is 7.89. The first kappa shape index (κ1) is 15.0. The van der Waals surface area contributed by atoms with Crippen LogP contribution < -0.4 is 4.83 Å². The Morgan fingerprint density at radius 1 is 1.20 bits per heavy atom. The summed E-state index contributed by atoms with van der Waals surface area (Å²) >= 11 is 7.17. The molecule has 0 radical (unpaired) electrons. The molecule has 0 aliphatic heterocycles. The molecular formula is C13H13ClN2O2S2. The van der Waals surface area contributed by atoms with Crippen LogP contribution in [0.3, 0.4) is 0 Å². The van der Waals surface area contributed by atoms with Crippen LogP contribution in [0.25, 0.3) is 0 Å². The Balaban J connectivity index is 2.18. The van der Waals surface area contributed by atoms with Gasteiger partial charge >= 0.3 is 0 Å². The summed E-state index contributed by atoms with van der Waals surface area (Å²) in [4.78, 5) is 3.23. The number of rotatable bonds is 4. The zero-order valence-corrected chi connectivity index (χ0v) is 13.3. The largest absolute Gasteiger partial charge is 0.276 e. The van der Waals surface area contributed by atoms with Crippen LogP contribution in [-0.2, 0) is 10.0 Å². The van der Waals surface area contributed by atoms with E-state index in [9.17, 15) is 8.42 Å². The SMILES string of the molecule is CC(=NNS(=O)(=O)c1ccc(C)cc1)c1ccc(Cl)s1. The van der Waals surface area contributed by atoms with Crippen molar-refractivity contribution in [2.75, 3.05) is 0 Å². The minimum absolute atomic E-state index is 0.184. The van der Waals surface area contributed by atoms with Gasteiger partial charge in [-0.15, -0.1) is 11.3 Å². The molecule has 1 heterocycles. The molecule has 0 fully saturated rings. The van der Waals surface area contributed by atoms with E-state index in [0.717, 1.165) is 10.4 Å². The van der Waals surface area contributed by atoms with Gasteiger partial charge in [-0.25, -0.2) is 0 Å². The van der Waals surface area contributed by atoms with Crippen molar-refractivity contribution in [3.05, 3.63) is 51.2 Å². The third-order valence-corrected chi connectivity index (χ3v) is 5.16. The maximum absolute atomic E-state index is 12.0. The maximum atomic E-state index is 12.0. The summed E-state index contributed by atoms with van der Waals surface area (Å²) in [6, 6.07) is 10.1. The van der Waals surface area contributed by atoms with E-state index in [1.165, 1.54) is 11.3 Å². The lowest BCUT2D eigenvalue weighted by atomic mass is 10.2. The topological polar surface area (TPSA) is 58.5 Å². The molecule has 4 nitrogen and oxygen atoms in total. The Morgan fingerprint density at radius 3 is 2.40 bits per heavy atom. The van der Waals surface area contributed by atoms with E-state index in [-0.39, 0.29) is 4.90 Å². The van der Waals surface area contributed by atoms with E-state index in [4.69, 9.17) is 11.6 Å². The fourth-order valence-corrected chi connectivity index (χ4v) is 3.31. The monoisotopic (exact) mass is 328 g/mol. The number of nitrogens with zero attached hydrogens (tertiary/aromatic N) is 1. The van der Waals surface area contributed by atoms with Crippen LogP contribution in [0.4, 0.5) is 0 Å². The summed E-state index contributed by atoms with van der Waals surface area (Å²) in [6.07, 6.45) is 0. The number of benzene rings is 1. The van der Waals surface area contributed by atoms with Crippen molar-refractivity contribution < 1.29 is 8.42 Å². The van der Waals surface area contributed by atoms with Crippen molar-refractivity contribution in [1.29, 1.82) is 0 Å². The average Bonchev–Trinajstić information content (AvgIpc) is 2.83. The van der Waals surface area contributed by atoms with Gasteiger partial charge in [0.2, 0.25) is 0 Å². The molecule has 2 rings (SSSR count). The molecule has 1 aromatic heterocycles. The van der Waals surface area contributed by atoms with Crippen molar-refractivity contribution in [3.63, 3.8) is 0 Å². The van der Waals surface area contributed by atoms with Gasteiger partial charge in [0.1, 0.15) is 0 Å². The van der Waals surface area contributed by atoms with Crippen LogP contribution >= 0.6 is 22.9 Å². The molecule has 106 valence electrons. The van der Waals surface area contributed by atoms with E-state index in [0.29, 0.717) is 10.0 Å².